The van der Waals surface area contributed by atoms with Crippen molar-refractivity contribution in [2.75, 3.05) is 47.9 Å². The smallest absolute Gasteiger partial charge is 0.310 e. The van der Waals surface area contributed by atoms with Gasteiger partial charge in [-0.1, -0.05) is 30.7 Å². The van der Waals surface area contributed by atoms with Gasteiger partial charge in [0.25, 0.3) is 0 Å². The molecule has 3 unspecified atom stereocenters. The number of benzene rings is 1. The first-order valence-corrected chi connectivity index (χ1v) is 9.20. The van der Waals surface area contributed by atoms with E-state index in [9.17, 15) is 4.79 Å². The third kappa shape index (κ3) is 6.22. The summed E-state index contributed by atoms with van der Waals surface area (Å²) in [6, 6.07) is 8.09. The van der Waals surface area contributed by atoms with Gasteiger partial charge < -0.3 is 19.9 Å². The van der Waals surface area contributed by atoms with Crippen LogP contribution in [-0.2, 0) is 9.53 Å². The van der Waals surface area contributed by atoms with Gasteiger partial charge in [-0.05, 0) is 37.7 Å². The molecule has 0 spiro atoms. The van der Waals surface area contributed by atoms with E-state index in [4.69, 9.17) is 16.3 Å². The summed E-state index contributed by atoms with van der Waals surface area (Å²) in [4.78, 5) is 20.6. The molecule has 1 aliphatic heterocycles. The van der Waals surface area contributed by atoms with Gasteiger partial charge >= 0.3 is 5.97 Å². The number of aliphatic imine (C=N–C) groups is 1. The van der Waals surface area contributed by atoms with Gasteiger partial charge in [0.2, 0.25) is 0 Å². The number of likely N-dealkylation sites (tertiary alicyclic amines) is 1. The zero-order chi connectivity index (χ0) is 19.3. The van der Waals surface area contributed by atoms with Crippen LogP contribution < -0.4 is 5.32 Å². The van der Waals surface area contributed by atoms with Crippen LogP contribution in [0.2, 0.25) is 5.02 Å². The second-order valence-corrected chi connectivity index (χ2v) is 7.41. The van der Waals surface area contributed by atoms with Crippen molar-refractivity contribution < 1.29 is 9.53 Å². The standard InChI is InChI=1S/C19H29ClN4O2.HI/c1-13-11-24(12-16(13)18(25)26-5)19(21-2)22-10-17(23(3)4)14-6-8-15(20)9-7-14;/h6-9,13,16-17H,10-12H2,1-5H3,(H,21,22);1H. The molecule has 152 valence electrons. The molecule has 6 nitrogen and oxygen atoms in total. The number of nitrogens with one attached hydrogen (secondary N) is 1. The van der Waals surface area contributed by atoms with Crippen LogP contribution in [0.25, 0.3) is 0 Å². The average Bonchev–Trinajstić information content (AvgIpc) is 3.00. The molecule has 1 aromatic rings. The van der Waals surface area contributed by atoms with Crippen molar-refractivity contribution in [1.82, 2.24) is 15.1 Å². The molecular formula is C19H30ClIN4O2. The Morgan fingerprint density at radius 2 is 2.00 bits per heavy atom. The molecule has 3 atom stereocenters. The predicted molar refractivity (Wildman–Crippen MR) is 121 cm³/mol. The highest BCUT2D eigenvalue weighted by atomic mass is 127. The number of methoxy groups -OCH3 is 1. The van der Waals surface area contributed by atoms with E-state index in [1.807, 2.05) is 24.3 Å². The SMILES string of the molecule is CN=C(NCC(c1ccc(Cl)cc1)N(C)C)N1CC(C)C(C(=O)OC)C1.I. The minimum atomic E-state index is -0.150. The van der Waals surface area contributed by atoms with Crippen LogP contribution >= 0.6 is 35.6 Å². The van der Waals surface area contributed by atoms with Gasteiger partial charge in [-0.15, -0.1) is 24.0 Å². The molecule has 0 bridgehead atoms. The first-order valence-electron chi connectivity index (χ1n) is 8.82. The molecule has 0 aromatic heterocycles. The van der Waals surface area contributed by atoms with Crippen LogP contribution in [-0.4, -0.2) is 69.6 Å². The number of esters is 1. The normalized spacial score (nSPS) is 21.0. The second kappa shape index (κ2) is 11.1. The van der Waals surface area contributed by atoms with Crippen molar-refractivity contribution in [3.8, 4) is 0 Å². The van der Waals surface area contributed by atoms with E-state index in [1.165, 1.54) is 12.7 Å². The predicted octanol–water partition coefficient (Wildman–Crippen LogP) is 2.88. The van der Waals surface area contributed by atoms with E-state index < -0.39 is 0 Å². The third-order valence-electron chi connectivity index (χ3n) is 4.96. The van der Waals surface area contributed by atoms with E-state index >= 15 is 0 Å². The van der Waals surface area contributed by atoms with Crippen molar-refractivity contribution in [3.05, 3.63) is 34.9 Å². The second-order valence-electron chi connectivity index (χ2n) is 6.97. The van der Waals surface area contributed by atoms with Crippen LogP contribution in [0, 0.1) is 11.8 Å². The summed E-state index contributed by atoms with van der Waals surface area (Å²) < 4.78 is 4.92. The number of guanidine groups is 1. The summed E-state index contributed by atoms with van der Waals surface area (Å²) in [7, 11) is 7.31. The van der Waals surface area contributed by atoms with Crippen LogP contribution in [0.3, 0.4) is 0 Å². The molecule has 8 heteroatoms. The number of rotatable bonds is 5. The van der Waals surface area contributed by atoms with E-state index in [-0.39, 0.29) is 47.8 Å². The Hall–Kier alpha value is -1.06. The molecule has 1 heterocycles. The quantitative estimate of drug-likeness (QED) is 0.287. The lowest BCUT2D eigenvalue weighted by Gasteiger charge is -2.28. The summed E-state index contributed by atoms with van der Waals surface area (Å²) in [6.07, 6.45) is 0. The highest BCUT2D eigenvalue weighted by Crippen LogP contribution is 2.24. The maximum absolute atomic E-state index is 11.9. The van der Waals surface area contributed by atoms with Gasteiger partial charge in [0.15, 0.2) is 5.96 Å². The lowest BCUT2D eigenvalue weighted by atomic mass is 9.99. The molecule has 1 fully saturated rings. The Balaban J connectivity index is 0.00000364. The maximum Gasteiger partial charge on any atom is 0.310 e. The van der Waals surface area contributed by atoms with E-state index in [0.29, 0.717) is 13.1 Å². The van der Waals surface area contributed by atoms with Crippen LogP contribution in [0.5, 0.6) is 0 Å². The largest absolute Gasteiger partial charge is 0.469 e. The van der Waals surface area contributed by atoms with Gasteiger partial charge in [0.1, 0.15) is 0 Å². The number of carbonyl (C=O) groups excluding carboxylic acids is 1. The Bertz CT molecular complexity index is 639. The molecule has 0 aliphatic carbocycles. The van der Waals surface area contributed by atoms with Gasteiger partial charge in [0.05, 0.1) is 19.1 Å². The Morgan fingerprint density at radius 3 is 2.52 bits per heavy atom. The summed E-state index contributed by atoms with van der Waals surface area (Å²) >= 11 is 6.00. The molecule has 2 rings (SSSR count). The maximum atomic E-state index is 11.9. The molecule has 1 aromatic carbocycles. The first kappa shape index (κ1) is 24.0. The Morgan fingerprint density at radius 1 is 1.37 bits per heavy atom. The van der Waals surface area contributed by atoms with Crippen molar-refractivity contribution >= 4 is 47.5 Å². The Kier molecular flexibility index (Phi) is 9.83. The van der Waals surface area contributed by atoms with Crippen LogP contribution in [0.4, 0.5) is 0 Å². The molecule has 0 saturated carbocycles. The molecule has 0 amide bonds. The molecular weight excluding hydrogens is 479 g/mol. The first-order chi connectivity index (χ1) is 12.4. The summed E-state index contributed by atoms with van der Waals surface area (Å²) in [6.45, 7) is 4.19. The number of halogens is 2. The fourth-order valence-electron chi connectivity index (χ4n) is 3.40. The van der Waals surface area contributed by atoms with Crippen molar-refractivity contribution in [1.29, 1.82) is 0 Å². The van der Waals surface area contributed by atoms with Crippen LogP contribution in [0.15, 0.2) is 29.3 Å². The van der Waals surface area contributed by atoms with Crippen molar-refractivity contribution in [3.63, 3.8) is 0 Å². The number of hydrogen-bond acceptors (Lipinski definition) is 4. The molecule has 27 heavy (non-hydrogen) atoms. The summed E-state index contributed by atoms with van der Waals surface area (Å²) in [5, 5.41) is 4.18. The lowest BCUT2D eigenvalue weighted by molar-refractivity contribution is -0.145. The monoisotopic (exact) mass is 508 g/mol. The number of carbonyl (C=O) groups is 1. The average molecular weight is 509 g/mol. The highest BCUT2D eigenvalue weighted by molar-refractivity contribution is 14.0. The Labute approximate surface area is 184 Å². The number of ether oxygens (including phenoxy) is 1. The zero-order valence-corrected chi connectivity index (χ0v) is 19.7. The number of hydrogen-bond donors (Lipinski definition) is 1. The fourth-order valence-corrected chi connectivity index (χ4v) is 3.53. The van der Waals surface area contributed by atoms with Gasteiger partial charge in [0, 0.05) is 31.7 Å². The molecule has 0 radical (unpaired) electrons. The topological polar surface area (TPSA) is 57.2 Å². The molecule has 1 N–H and O–H groups in total. The highest BCUT2D eigenvalue weighted by Gasteiger charge is 2.37. The molecule has 1 saturated heterocycles. The van der Waals surface area contributed by atoms with Crippen molar-refractivity contribution in [2.45, 2.75) is 13.0 Å². The summed E-state index contributed by atoms with van der Waals surface area (Å²) in [5.41, 5.74) is 1.18. The fraction of sp³-hybridized carbons (Fsp3) is 0.579. The van der Waals surface area contributed by atoms with E-state index in [1.54, 1.807) is 7.05 Å². The third-order valence-corrected chi connectivity index (χ3v) is 5.21. The van der Waals surface area contributed by atoms with Crippen molar-refractivity contribution in [2.24, 2.45) is 16.8 Å². The van der Waals surface area contributed by atoms with Gasteiger partial charge in [-0.3, -0.25) is 9.79 Å². The minimum absolute atomic E-state index is 0. The van der Waals surface area contributed by atoms with Gasteiger partial charge in [-0.25, -0.2) is 0 Å². The zero-order valence-electron chi connectivity index (χ0n) is 16.6. The number of likely N-dealkylation sites (N-methyl/N-ethyl adjacent to an activating group) is 1. The van der Waals surface area contributed by atoms with Gasteiger partial charge in [-0.2, -0.15) is 0 Å². The van der Waals surface area contributed by atoms with E-state index in [0.717, 1.165) is 17.5 Å². The number of nitrogens with zero attached hydrogens (tertiary/aromatic N) is 3. The summed E-state index contributed by atoms with van der Waals surface area (Å²) in [5.74, 6) is 0.785. The van der Waals surface area contributed by atoms with Crippen LogP contribution in [0.1, 0.15) is 18.5 Å². The molecule has 1 aliphatic rings. The minimum Gasteiger partial charge on any atom is -0.469 e. The lowest BCUT2D eigenvalue weighted by Crippen LogP contribution is -2.43. The van der Waals surface area contributed by atoms with E-state index in [2.05, 4.69) is 41.1 Å².